The Kier molecular flexibility index (Phi) is 4.08. The lowest BCUT2D eigenvalue weighted by atomic mass is 10.2. The highest BCUT2D eigenvalue weighted by atomic mass is 79.9. The van der Waals surface area contributed by atoms with Gasteiger partial charge in [-0.1, -0.05) is 45.7 Å². The van der Waals surface area contributed by atoms with Gasteiger partial charge in [0.1, 0.15) is 0 Å². The van der Waals surface area contributed by atoms with Crippen molar-refractivity contribution in [2.45, 2.75) is 13.5 Å². The fourth-order valence-electron chi connectivity index (χ4n) is 1.58. The van der Waals surface area contributed by atoms with E-state index in [0.29, 0.717) is 0 Å². The van der Waals surface area contributed by atoms with Crippen molar-refractivity contribution in [2.75, 3.05) is 5.32 Å². The van der Waals surface area contributed by atoms with E-state index in [0.717, 1.165) is 21.7 Å². The van der Waals surface area contributed by atoms with E-state index in [2.05, 4.69) is 40.3 Å². The van der Waals surface area contributed by atoms with Crippen LogP contribution in [0.2, 0.25) is 5.02 Å². The van der Waals surface area contributed by atoms with Gasteiger partial charge in [-0.2, -0.15) is 0 Å². The molecule has 0 radical (unpaired) electrons. The number of halogens is 2. The Morgan fingerprint density at radius 2 is 1.82 bits per heavy atom. The number of benzene rings is 2. The Labute approximate surface area is 115 Å². The van der Waals surface area contributed by atoms with E-state index >= 15 is 0 Å². The summed E-state index contributed by atoms with van der Waals surface area (Å²) >= 11 is 9.32. The van der Waals surface area contributed by atoms with Gasteiger partial charge in [0.25, 0.3) is 0 Å². The van der Waals surface area contributed by atoms with E-state index in [1.165, 1.54) is 11.1 Å². The van der Waals surface area contributed by atoms with Crippen LogP contribution in [0.3, 0.4) is 0 Å². The molecule has 2 rings (SSSR count). The van der Waals surface area contributed by atoms with Crippen molar-refractivity contribution in [3.05, 3.63) is 63.1 Å². The van der Waals surface area contributed by atoms with E-state index in [1.54, 1.807) is 0 Å². The van der Waals surface area contributed by atoms with E-state index in [4.69, 9.17) is 11.6 Å². The van der Waals surface area contributed by atoms with Crippen molar-refractivity contribution in [3.63, 3.8) is 0 Å². The Morgan fingerprint density at radius 1 is 1.12 bits per heavy atom. The second kappa shape index (κ2) is 5.56. The standard InChI is InChI=1S/C14H13BrClN/c1-10-2-5-12(15)8-14(10)17-9-11-3-6-13(16)7-4-11/h2-8,17H,9H2,1H3. The molecule has 2 aromatic carbocycles. The third-order valence-electron chi connectivity index (χ3n) is 2.60. The first-order chi connectivity index (χ1) is 8.15. The minimum Gasteiger partial charge on any atom is -0.381 e. The third kappa shape index (κ3) is 3.48. The molecule has 0 spiro atoms. The molecule has 3 heteroatoms. The summed E-state index contributed by atoms with van der Waals surface area (Å²) < 4.78 is 1.08. The highest BCUT2D eigenvalue weighted by Gasteiger charge is 1.99. The fourth-order valence-corrected chi connectivity index (χ4v) is 2.07. The Hall–Kier alpha value is -0.990. The van der Waals surface area contributed by atoms with Crippen LogP contribution in [0.5, 0.6) is 0 Å². The molecule has 1 N–H and O–H groups in total. The predicted molar refractivity (Wildman–Crippen MR) is 77.7 cm³/mol. The quantitative estimate of drug-likeness (QED) is 0.839. The molecule has 0 saturated carbocycles. The van der Waals surface area contributed by atoms with Gasteiger partial charge < -0.3 is 5.32 Å². The van der Waals surface area contributed by atoms with Crippen LogP contribution in [0.1, 0.15) is 11.1 Å². The minimum atomic E-state index is 0.771. The second-order valence-corrected chi connectivity index (χ2v) is 5.29. The van der Waals surface area contributed by atoms with Crippen molar-refractivity contribution in [1.82, 2.24) is 0 Å². The highest BCUT2D eigenvalue weighted by molar-refractivity contribution is 9.10. The van der Waals surface area contributed by atoms with Crippen LogP contribution in [0, 0.1) is 6.92 Å². The zero-order valence-corrected chi connectivity index (χ0v) is 11.8. The summed E-state index contributed by atoms with van der Waals surface area (Å²) in [7, 11) is 0. The number of hydrogen-bond acceptors (Lipinski definition) is 1. The molecule has 0 saturated heterocycles. The molecule has 88 valence electrons. The van der Waals surface area contributed by atoms with Crippen molar-refractivity contribution >= 4 is 33.2 Å². The molecular formula is C14H13BrClN. The molecule has 0 amide bonds. The number of hydrogen-bond donors (Lipinski definition) is 1. The van der Waals surface area contributed by atoms with Gasteiger partial charge >= 0.3 is 0 Å². The number of anilines is 1. The van der Waals surface area contributed by atoms with Crippen molar-refractivity contribution in [1.29, 1.82) is 0 Å². The van der Waals surface area contributed by atoms with Gasteiger partial charge in [-0.15, -0.1) is 0 Å². The first kappa shape index (κ1) is 12.5. The van der Waals surface area contributed by atoms with Gasteiger partial charge in [-0.05, 0) is 42.3 Å². The molecule has 0 atom stereocenters. The lowest BCUT2D eigenvalue weighted by Crippen LogP contribution is -2.00. The van der Waals surface area contributed by atoms with Gasteiger partial charge in [0.2, 0.25) is 0 Å². The van der Waals surface area contributed by atoms with Crippen LogP contribution >= 0.6 is 27.5 Å². The fraction of sp³-hybridized carbons (Fsp3) is 0.143. The summed E-state index contributed by atoms with van der Waals surface area (Å²) in [5.41, 5.74) is 3.60. The molecule has 0 bridgehead atoms. The summed E-state index contributed by atoms with van der Waals surface area (Å²) in [5.74, 6) is 0. The lowest BCUT2D eigenvalue weighted by Gasteiger charge is -2.10. The Morgan fingerprint density at radius 3 is 2.53 bits per heavy atom. The SMILES string of the molecule is Cc1ccc(Br)cc1NCc1ccc(Cl)cc1. The lowest BCUT2D eigenvalue weighted by molar-refractivity contribution is 1.14. The highest BCUT2D eigenvalue weighted by Crippen LogP contribution is 2.21. The van der Waals surface area contributed by atoms with Crippen molar-refractivity contribution in [3.8, 4) is 0 Å². The maximum atomic E-state index is 5.85. The molecule has 17 heavy (non-hydrogen) atoms. The molecule has 2 aromatic rings. The van der Waals surface area contributed by atoms with Crippen LogP contribution in [0.4, 0.5) is 5.69 Å². The van der Waals surface area contributed by atoms with Gasteiger partial charge in [0.05, 0.1) is 0 Å². The molecule has 0 aliphatic rings. The maximum Gasteiger partial charge on any atom is 0.0406 e. The summed E-state index contributed by atoms with van der Waals surface area (Å²) in [6.07, 6.45) is 0. The normalized spacial score (nSPS) is 10.3. The number of aryl methyl sites for hydroxylation is 1. The summed E-state index contributed by atoms with van der Waals surface area (Å²) in [5, 5.41) is 4.19. The molecule has 0 aliphatic heterocycles. The van der Waals surface area contributed by atoms with E-state index < -0.39 is 0 Å². The largest absolute Gasteiger partial charge is 0.381 e. The van der Waals surface area contributed by atoms with Crippen LogP contribution in [-0.4, -0.2) is 0 Å². The maximum absolute atomic E-state index is 5.85. The van der Waals surface area contributed by atoms with Gasteiger partial charge in [-0.25, -0.2) is 0 Å². The minimum absolute atomic E-state index is 0.771. The van der Waals surface area contributed by atoms with Crippen LogP contribution < -0.4 is 5.32 Å². The first-order valence-electron chi connectivity index (χ1n) is 5.39. The Balaban J connectivity index is 2.07. The summed E-state index contributed by atoms with van der Waals surface area (Å²) in [6.45, 7) is 2.89. The number of nitrogens with one attached hydrogen (secondary N) is 1. The van der Waals surface area contributed by atoms with E-state index in [-0.39, 0.29) is 0 Å². The molecule has 0 heterocycles. The summed E-state index contributed by atoms with van der Waals surface area (Å²) in [4.78, 5) is 0. The monoisotopic (exact) mass is 309 g/mol. The molecule has 0 aromatic heterocycles. The topological polar surface area (TPSA) is 12.0 Å². The second-order valence-electron chi connectivity index (χ2n) is 3.94. The smallest absolute Gasteiger partial charge is 0.0406 e. The van der Waals surface area contributed by atoms with Crippen LogP contribution in [-0.2, 0) is 6.54 Å². The summed E-state index contributed by atoms with van der Waals surface area (Å²) in [6, 6.07) is 14.1. The van der Waals surface area contributed by atoms with Crippen molar-refractivity contribution in [2.24, 2.45) is 0 Å². The first-order valence-corrected chi connectivity index (χ1v) is 6.57. The van der Waals surface area contributed by atoms with Crippen LogP contribution in [0.15, 0.2) is 46.9 Å². The Bertz CT molecular complexity index is 508. The molecule has 1 nitrogen and oxygen atoms in total. The van der Waals surface area contributed by atoms with E-state index in [1.807, 2.05) is 30.3 Å². The third-order valence-corrected chi connectivity index (χ3v) is 3.34. The zero-order valence-electron chi connectivity index (χ0n) is 9.50. The van der Waals surface area contributed by atoms with E-state index in [9.17, 15) is 0 Å². The van der Waals surface area contributed by atoms with Gasteiger partial charge in [0.15, 0.2) is 0 Å². The van der Waals surface area contributed by atoms with Gasteiger partial charge in [-0.3, -0.25) is 0 Å². The zero-order chi connectivity index (χ0) is 12.3. The van der Waals surface area contributed by atoms with Crippen LogP contribution in [0.25, 0.3) is 0 Å². The average molecular weight is 311 g/mol. The van der Waals surface area contributed by atoms with Crippen molar-refractivity contribution < 1.29 is 0 Å². The predicted octanol–water partition coefficient (Wildman–Crippen LogP) is 5.02. The average Bonchev–Trinajstić information content (AvgIpc) is 2.32. The molecule has 0 fully saturated rings. The number of rotatable bonds is 3. The molecule has 0 aliphatic carbocycles. The molecule has 0 unspecified atom stereocenters. The molecular weight excluding hydrogens is 298 g/mol. The van der Waals surface area contributed by atoms with Gasteiger partial charge in [0, 0.05) is 21.7 Å².